The number of Topliss-reactive ketones (excluding diaryl/α,β-unsaturated/α-hetero) is 1. The predicted octanol–water partition coefficient (Wildman–Crippen LogP) is 1.87. The van der Waals surface area contributed by atoms with Gasteiger partial charge >= 0.3 is 5.97 Å². The quantitative estimate of drug-likeness (QED) is 0.602. The van der Waals surface area contributed by atoms with Gasteiger partial charge in [0.25, 0.3) is 0 Å². The molecule has 1 fully saturated rings. The average molecular weight is 261 g/mol. The van der Waals surface area contributed by atoms with Crippen LogP contribution in [0.3, 0.4) is 0 Å². The number of carbonyl (C=O) groups is 2. The molecule has 1 saturated heterocycles. The zero-order valence-electron chi connectivity index (χ0n) is 11.6. The van der Waals surface area contributed by atoms with Gasteiger partial charge in [0.1, 0.15) is 5.92 Å². The van der Waals surface area contributed by atoms with Crippen LogP contribution < -0.4 is 4.90 Å². The van der Waals surface area contributed by atoms with Gasteiger partial charge in [0.15, 0.2) is 5.78 Å². The SMILES string of the molecule is COC(=O)C1CN(c2cc(C)ccc2C)CCC1=O. The second-order valence-corrected chi connectivity index (χ2v) is 5.03. The lowest BCUT2D eigenvalue weighted by Crippen LogP contribution is -2.45. The Hall–Kier alpha value is -1.84. The molecule has 1 aromatic carbocycles. The van der Waals surface area contributed by atoms with E-state index in [1.54, 1.807) is 0 Å². The van der Waals surface area contributed by atoms with Crippen molar-refractivity contribution in [2.75, 3.05) is 25.1 Å². The Morgan fingerprint density at radius 2 is 2.11 bits per heavy atom. The minimum absolute atomic E-state index is 0.0200. The lowest BCUT2D eigenvalue weighted by atomic mass is 9.95. The summed E-state index contributed by atoms with van der Waals surface area (Å²) in [6.45, 7) is 5.15. The summed E-state index contributed by atoms with van der Waals surface area (Å²) in [5.41, 5.74) is 3.43. The molecule has 0 N–H and O–H groups in total. The van der Waals surface area contributed by atoms with Crippen molar-refractivity contribution in [1.82, 2.24) is 0 Å². The molecule has 0 saturated carbocycles. The highest BCUT2D eigenvalue weighted by atomic mass is 16.5. The van der Waals surface area contributed by atoms with Crippen molar-refractivity contribution in [3.8, 4) is 0 Å². The third-order valence-corrected chi connectivity index (χ3v) is 3.61. The fourth-order valence-electron chi connectivity index (χ4n) is 2.46. The van der Waals surface area contributed by atoms with Crippen LogP contribution >= 0.6 is 0 Å². The first-order valence-electron chi connectivity index (χ1n) is 6.45. The highest BCUT2D eigenvalue weighted by Gasteiger charge is 2.34. The summed E-state index contributed by atoms with van der Waals surface area (Å²) in [6, 6.07) is 6.22. The lowest BCUT2D eigenvalue weighted by molar-refractivity contribution is -0.149. The number of nitrogens with zero attached hydrogens (tertiary/aromatic N) is 1. The Labute approximate surface area is 113 Å². The van der Waals surface area contributed by atoms with Crippen molar-refractivity contribution in [2.45, 2.75) is 20.3 Å². The van der Waals surface area contributed by atoms with Crippen LogP contribution in [-0.2, 0) is 14.3 Å². The van der Waals surface area contributed by atoms with E-state index in [2.05, 4.69) is 23.1 Å². The standard InChI is InChI=1S/C15H19NO3/c1-10-4-5-11(2)13(8-10)16-7-6-14(17)12(9-16)15(18)19-3/h4-5,8,12H,6-7,9H2,1-3H3. The number of ketones is 1. The van der Waals surface area contributed by atoms with Gasteiger partial charge in [0, 0.05) is 25.2 Å². The van der Waals surface area contributed by atoms with Gasteiger partial charge in [-0.05, 0) is 31.0 Å². The fraction of sp³-hybridized carbons (Fsp3) is 0.467. The van der Waals surface area contributed by atoms with E-state index >= 15 is 0 Å². The maximum Gasteiger partial charge on any atom is 0.318 e. The number of piperidine rings is 1. The molecule has 1 aliphatic rings. The van der Waals surface area contributed by atoms with Crippen LogP contribution in [-0.4, -0.2) is 32.0 Å². The Morgan fingerprint density at radius 1 is 1.37 bits per heavy atom. The van der Waals surface area contributed by atoms with Gasteiger partial charge in [0.05, 0.1) is 7.11 Å². The monoisotopic (exact) mass is 261 g/mol. The molecule has 2 rings (SSSR count). The molecular weight excluding hydrogens is 242 g/mol. The molecule has 1 aromatic rings. The third-order valence-electron chi connectivity index (χ3n) is 3.61. The number of hydrogen-bond acceptors (Lipinski definition) is 4. The second kappa shape index (κ2) is 5.43. The smallest absolute Gasteiger partial charge is 0.318 e. The number of methoxy groups -OCH3 is 1. The first kappa shape index (κ1) is 13.6. The first-order valence-corrected chi connectivity index (χ1v) is 6.45. The molecule has 1 heterocycles. The van der Waals surface area contributed by atoms with Crippen molar-refractivity contribution in [3.63, 3.8) is 0 Å². The number of ether oxygens (including phenoxy) is 1. The normalized spacial score (nSPS) is 19.4. The van der Waals surface area contributed by atoms with Crippen molar-refractivity contribution >= 4 is 17.4 Å². The topological polar surface area (TPSA) is 46.6 Å². The van der Waals surface area contributed by atoms with E-state index in [9.17, 15) is 9.59 Å². The van der Waals surface area contributed by atoms with Crippen LogP contribution in [0.2, 0.25) is 0 Å². The number of hydrogen-bond donors (Lipinski definition) is 0. The van der Waals surface area contributed by atoms with E-state index in [1.807, 2.05) is 13.8 Å². The Balaban J connectivity index is 2.24. The molecule has 19 heavy (non-hydrogen) atoms. The number of aryl methyl sites for hydroxylation is 2. The summed E-state index contributed by atoms with van der Waals surface area (Å²) < 4.78 is 4.71. The zero-order chi connectivity index (χ0) is 14.0. The first-order chi connectivity index (χ1) is 9.02. The van der Waals surface area contributed by atoms with E-state index in [1.165, 1.54) is 12.7 Å². The minimum atomic E-state index is -0.654. The number of esters is 1. The van der Waals surface area contributed by atoms with Crippen LogP contribution in [0.4, 0.5) is 5.69 Å². The fourth-order valence-corrected chi connectivity index (χ4v) is 2.46. The summed E-state index contributed by atoms with van der Waals surface area (Å²) >= 11 is 0. The van der Waals surface area contributed by atoms with Gasteiger partial charge < -0.3 is 9.64 Å². The van der Waals surface area contributed by atoms with Gasteiger partial charge in [-0.15, -0.1) is 0 Å². The Morgan fingerprint density at radius 3 is 2.79 bits per heavy atom. The largest absolute Gasteiger partial charge is 0.468 e. The van der Waals surface area contributed by atoms with Gasteiger partial charge in [0.2, 0.25) is 0 Å². The van der Waals surface area contributed by atoms with Crippen molar-refractivity contribution in [2.24, 2.45) is 5.92 Å². The van der Waals surface area contributed by atoms with Gasteiger partial charge in [-0.1, -0.05) is 12.1 Å². The van der Waals surface area contributed by atoms with E-state index in [4.69, 9.17) is 4.74 Å². The molecule has 4 nitrogen and oxygen atoms in total. The maximum absolute atomic E-state index is 11.8. The summed E-state index contributed by atoms with van der Waals surface area (Å²) in [5.74, 6) is -1.10. The second-order valence-electron chi connectivity index (χ2n) is 5.03. The highest BCUT2D eigenvalue weighted by Crippen LogP contribution is 2.26. The molecule has 0 aliphatic carbocycles. The number of anilines is 1. The van der Waals surface area contributed by atoms with Gasteiger partial charge in [-0.2, -0.15) is 0 Å². The summed E-state index contributed by atoms with van der Waals surface area (Å²) in [7, 11) is 1.33. The minimum Gasteiger partial charge on any atom is -0.468 e. The molecule has 0 spiro atoms. The summed E-state index contributed by atoms with van der Waals surface area (Å²) in [5, 5.41) is 0. The van der Waals surface area contributed by atoms with E-state index < -0.39 is 11.9 Å². The van der Waals surface area contributed by atoms with E-state index in [-0.39, 0.29) is 5.78 Å². The van der Waals surface area contributed by atoms with Crippen LogP contribution in [0.15, 0.2) is 18.2 Å². The molecule has 0 radical (unpaired) electrons. The number of carbonyl (C=O) groups excluding carboxylic acids is 2. The molecule has 1 atom stereocenters. The van der Waals surface area contributed by atoms with Gasteiger partial charge in [-0.25, -0.2) is 0 Å². The molecule has 0 amide bonds. The van der Waals surface area contributed by atoms with Crippen molar-refractivity contribution < 1.29 is 14.3 Å². The molecular formula is C15H19NO3. The van der Waals surface area contributed by atoms with Gasteiger partial charge in [-0.3, -0.25) is 9.59 Å². The summed E-state index contributed by atoms with van der Waals surface area (Å²) in [6.07, 6.45) is 0.396. The summed E-state index contributed by atoms with van der Waals surface area (Å²) in [4.78, 5) is 25.5. The Kier molecular flexibility index (Phi) is 3.88. The zero-order valence-corrected chi connectivity index (χ0v) is 11.6. The molecule has 0 bridgehead atoms. The van der Waals surface area contributed by atoms with E-state index in [0.717, 1.165) is 11.3 Å². The van der Waals surface area contributed by atoms with Crippen molar-refractivity contribution in [3.05, 3.63) is 29.3 Å². The number of rotatable bonds is 2. The van der Waals surface area contributed by atoms with Crippen LogP contribution in [0, 0.1) is 19.8 Å². The lowest BCUT2D eigenvalue weighted by Gasteiger charge is -2.33. The van der Waals surface area contributed by atoms with Crippen LogP contribution in [0.25, 0.3) is 0 Å². The molecule has 1 unspecified atom stereocenters. The Bertz CT molecular complexity index is 502. The average Bonchev–Trinajstić information content (AvgIpc) is 2.41. The molecule has 0 aromatic heterocycles. The predicted molar refractivity (Wildman–Crippen MR) is 73.3 cm³/mol. The van der Waals surface area contributed by atoms with Crippen molar-refractivity contribution in [1.29, 1.82) is 0 Å². The highest BCUT2D eigenvalue weighted by molar-refractivity contribution is 6.00. The van der Waals surface area contributed by atoms with Crippen LogP contribution in [0.5, 0.6) is 0 Å². The van der Waals surface area contributed by atoms with E-state index in [0.29, 0.717) is 19.5 Å². The molecule has 1 aliphatic heterocycles. The molecule has 4 heteroatoms. The molecule has 102 valence electrons. The van der Waals surface area contributed by atoms with Crippen LogP contribution in [0.1, 0.15) is 17.5 Å². The third kappa shape index (κ3) is 2.78. The number of benzene rings is 1. The maximum atomic E-state index is 11.8.